The van der Waals surface area contributed by atoms with E-state index in [9.17, 15) is 43.3 Å². The highest BCUT2D eigenvalue weighted by atomic mass is 32.2. The van der Waals surface area contributed by atoms with E-state index in [0.29, 0.717) is 6.42 Å². The average molecular weight is 514 g/mol. The van der Waals surface area contributed by atoms with Crippen molar-refractivity contribution >= 4 is 35.0 Å². The van der Waals surface area contributed by atoms with E-state index in [0.717, 1.165) is 17.9 Å². The van der Waals surface area contributed by atoms with E-state index in [-0.39, 0.29) is 30.8 Å². The molecule has 35 heavy (non-hydrogen) atoms. The number of carbonyl (C=O) groups excluding carboxylic acids is 3. The van der Waals surface area contributed by atoms with Gasteiger partial charge in [-0.3, -0.25) is 9.59 Å². The summed E-state index contributed by atoms with van der Waals surface area (Å²) in [5, 5.41) is 31.3. The molecule has 3 rings (SSSR count). The van der Waals surface area contributed by atoms with Gasteiger partial charge in [0.1, 0.15) is 11.4 Å². The van der Waals surface area contributed by atoms with Crippen LogP contribution in [0.5, 0.6) is 11.5 Å². The third-order valence-electron chi connectivity index (χ3n) is 6.22. The van der Waals surface area contributed by atoms with Crippen LogP contribution >= 0.6 is 0 Å². The number of benzene rings is 1. The monoisotopic (exact) mass is 513 g/mol. The molecule has 2 saturated heterocycles. The molecule has 0 saturated carbocycles. The highest BCUT2D eigenvalue weighted by molar-refractivity contribution is 7.80. The van der Waals surface area contributed by atoms with Crippen LogP contribution in [-0.2, 0) is 25.4 Å². The lowest BCUT2D eigenvalue weighted by molar-refractivity contribution is -0.163. The predicted molar refractivity (Wildman–Crippen MR) is 120 cm³/mol. The summed E-state index contributed by atoms with van der Waals surface area (Å²) < 4.78 is 25.2. The minimum atomic E-state index is -2.76. The fourth-order valence-electron chi connectivity index (χ4n) is 4.16. The van der Waals surface area contributed by atoms with Crippen LogP contribution in [0.25, 0.3) is 0 Å². The Morgan fingerprint density at radius 3 is 2.51 bits per heavy atom. The lowest BCUT2D eigenvalue weighted by Crippen LogP contribution is -2.68. The van der Waals surface area contributed by atoms with Gasteiger partial charge in [-0.05, 0) is 38.5 Å². The minimum absolute atomic E-state index is 0.0670. The minimum Gasteiger partial charge on any atom is -0.504 e. The number of rotatable bonds is 8. The number of amides is 3. The van der Waals surface area contributed by atoms with Gasteiger partial charge in [-0.15, -0.1) is 0 Å². The number of likely N-dealkylation sites (tertiary alicyclic amines) is 2. The van der Waals surface area contributed by atoms with Gasteiger partial charge in [-0.25, -0.2) is 13.8 Å². The number of β-lactam (4-membered cyclic amide) rings is 1. The summed E-state index contributed by atoms with van der Waals surface area (Å²) in [7, 11) is 0. The molecule has 5 atom stereocenters. The molecule has 2 fully saturated rings. The average Bonchev–Trinajstić information content (AvgIpc) is 3.25. The van der Waals surface area contributed by atoms with Crippen LogP contribution in [0.15, 0.2) is 18.2 Å². The Balaban J connectivity index is 1.61. The van der Waals surface area contributed by atoms with Gasteiger partial charge in [0.2, 0.25) is 5.91 Å². The Morgan fingerprint density at radius 2 is 1.97 bits per heavy atom. The maximum absolute atomic E-state index is 12.6. The number of ether oxygens (including phenoxy) is 1. The van der Waals surface area contributed by atoms with Crippen molar-refractivity contribution in [2.45, 2.75) is 49.6 Å². The third-order valence-corrected chi connectivity index (χ3v) is 7.36. The molecule has 0 aromatic heterocycles. The summed E-state index contributed by atoms with van der Waals surface area (Å²) >= 11 is -2.76. The van der Waals surface area contributed by atoms with Crippen LogP contribution in [-0.4, -0.2) is 100 Å². The van der Waals surface area contributed by atoms with Crippen molar-refractivity contribution in [1.29, 1.82) is 0 Å². The summed E-state index contributed by atoms with van der Waals surface area (Å²) in [6, 6.07) is 1.03. The number of aliphatic carboxylic acids is 1. The first kappa shape index (κ1) is 26.2. The number of hydrogen-bond donors (Lipinski definition) is 5. The predicted octanol–water partition coefficient (Wildman–Crippen LogP) is 0.0929. The normalized spacial score (nSPS) is 23.1. The first-order valence-corrected chi connectivity index (χ1v) is 11.8. The lowest BCUT2D eigenvalue weighted by Gasteiger charge is -2.47. The fraction of sp³-hybridized carbons (Fsp3) is 0.524. The molecule has 13 nitrogen and oxygen atoms in total. The van der Waals surface area contributed by atoms with Crippen molar-refractivity contribution in [1.82, 2.24) is 15.1 Å². The molecule has 1 aromatic rings. The number of carboxylic acids is 1. The van der Waals surface area contributed by atoms with Crippen molar-refractivity contribution < 1.29 is 48.0 Å². The Bertz CT molecular complexity index is 1070. The van der Waals surface area contributed by atoms with Gasteiger partial charge in [0.05, 0.1) is 0 Å². The maximum Gasteiger partial charge on any atom is 0.409 e. The number of phenolic OH excluding ortho intramolecular Hbond substituents is 2. The molecule has 0 aliphatic carbocycles. The van der Waals surface area contributed by atoms with E-state index in [1.807, 2.05) is 0 Å². The molecule has 1 aromatic carbocycles. The van der Waals surface area contributed by atoms with E-state index < -0.39 is 70.2 Å². The maximum atomic E-state index is 12.6. The van der Waals surface area contributed by atoms with E-state index >= 15 is 0 Å². The van der Waals surface area contributed by atoms with Crippen LogP contribution in [0.2, 0.25) is 0 Å². The van der Waals surface area contributed by atoms with E-state index in [4.69, 9.17) is 4.74 Å². The van der Waals surface area contributed by atoms with Gasteiger partial charge < -0.3 is 39.7 Å². The van der Waals surface area contributed by atoms with Crippen molar-refractivity contribution in [3.8, 4) is 11.5 Å². The topological polar surface area (TPSA) is 194 Å². The summed E-state index contributed by atoms with van der Waals surface area (Å²) in [5.74, 6) is -3.32. The zero-order chi connectivity index (χ0) is 26.1. The molecule has 192 valence electrons. The molecule has 2 unspecified atom stereocenters. The number of carboxylic acid groups (broad SMARTS) is 1. The Morgan fingerprint density at radius 1 is 1.29 bits per heavy atom. The largest absolute Gasteiger partial charge is 0.504 e. The second-order valence-electron chi connectivity index (χ2n) is 8.82. The number of aromatic hydroxyl groups is 2. The standard InChI is InChI=1S/C21H27N3O10S/c1-11-7-16(27)24(11)17(19(29)30)21(2,35(32)33)10-34-20(31)23-6-5-13(9-23)22-18(28)12-3-4-14(25)15(26)8-12/h3-4,8,11,13,17,25-26H,5-7,9-10H2,1-2H3,(H,22,28)(H,29,30)(H,32,33)/t11-,13?,17+,21+/m1/s1. The summed E-state index contributed by atoms with van der Waals surface area (Å²) in [6.45, 7) is 2.31. The first-order chi connectivity index (χ1) is 16.3. The van der Waals surface area contributed by atoms with Gasteiger partial charge in [-0.2, -0.15) is 0 Å². The number of phenols is 2. The third kappa shape index (κ3) is 5.32. The van der Waals surface area contributed by atoms with Gasteiger partial charge in [0, 0.05) is 37.2 Å². The zero-order valence-corrected chi connectivity index (χ0v) is 19.9. The molecule has 0 bridgehead atoms. The molecular weight excluding hydrogens is 486 g/mol. The second-order valence-corrected chi connectivity index (χ2v) is 10.3. The molecule has 0 spiro atoms. The number of carbonyl (C=O) groups is 4. The van der Waals surface area contributed by atoms with Crippen LogP contribution < -0.4 is 5.32 Å². The fourth-order valence-corrected chi connectivity index (χ4v) is 4.73. The summed E-state index contributed by atoms with van der Waals surface area (Å²) in [5.41, 5.74) is 0.108. The lowest BCUT2D eigenvalue weighted by atomic mass is 9.92. The van der Waals surface area contributed by atoms with Gasteiger partial charge in [0.25, 0.3) is 5.91 Å². The van der Waals surface area contributed by atoms with E-state index in [1.54, 1.807) is 6.92 Å². The Hall–Kier alpha value is -3.39. The zero-order valence-electron chi connectivity index (χ0n) is 19.0. The van der Waals surface area contributed by atoms with Crippen LogP contribution in [0.3, 0.4) is 0 Å². The summed E-state index contributed by atoms with van der Waals surface area (Å²) in [4.78, 5) is 51.1. The molecule has 5 N–H and O–H groups in total. The second kappa shape index (κ2) is 10.1. The quantitative estimate of drug-likeness (QED) is 0.181. The Kier molecular flexibility index (Phi) is 7.55. The Labute approximate surface area is 202 Å². The van der Waals surface area contributed by atoms with Crippen molar-refractivity contribution in [3.05, 3.63) is 23.8 Å². The molecule has 2 aliphatic heterocycles. The number of hydrogen-bond acceptors (Lipinski definition) is 8. The van der Waals surface area contributed by atoms with Crippen molar-refractivity contribution in [2.24, 2.45) is 0 Å². The van der Waals surface area contributed by atoms with Crippen LogP contribution in [0.1, 0.15) is 37.0 Å². The van der Waals surface area contributed by atoms with Crippen LogP contribution in [0, 0.1) is 0 Å². The van der Waals surface area contributed by atoms with Crippen LogP contribution in [0.4, 0.5) is 4.79 Å². The van der Waals surface area contributed by atoms with E-state index in [1.165, 1.54) is 17.0 Å². The number of nitrogens with zero attached hydrogens (tertiary/aromatic N) is 2. The molecule has 0 radical (unpaired) electrons. The summed E-state index contributed by atoms with van der Waals surface area (Å²) in [6.07, 6.45) is -0.374. The van der Waals surface area contributed by atoms with Gasteiger partial charge >= 0.3 is 12.1 Å². The van der Waals surface area contributed by atoms with Crippen molar-refractivity contribution in [3.63, 3.8) is 0 Å². The molecule has 3 amide bonds. The smallest absolute Gasteiger partial charge is 0.409 e. The van der Waals surface area contributed by atoms with Crippen molar-refractivity contribution in [2.75, 3.05) is 19.7 Å². The van der Waals surface area contributed by atoms with Gasteiger partial charge in [-0.1, -0.05) is 0 Å². The molecular formula is C21H27N3O10S. The molecule has 2 heterocycles. The highest BCUT2D eigenvalue weighted by Crippen LogP contribution is 2.32. The SMILES string of the molecule is C[C@@H]1CC(=O)N1[C@@H](C(=O)O)[C@](C)(COC(=O)N1CCC(NC(=O)c2ccc(O)c(O)c2)C1)S(=O)O. The van der Waals surface area contributed by atoms with E-state index in [2.05, 4.69) is 5.32 Å². The molecule has 14 heteroatoms. The number of nitrogens with one attached hydrogen (secondary N) is 1. The van der Waals surface area contributed by atoms with Gasteiger partial charge in [0.15, 0.2) is 28.6 Å². The molecule has 2 aliphatic rings. The first-order valence-electron chi connectivity index (χ1n) is 10.7. The highest BCUT2D eigenvalue weighted by Gasteiger charge is 2.54.